The van der Waals surface area contributed by atoms with Gasteiger partial charge in [0.25, 0.3) is 6.33 Å². The minimum absolute atomic E-state index is 0. The number of hydrogen-bond donors (Lipinski definition) is 0. The minimum atomic E-state index is 0. The van der Waals surface area contributed by atoms with Crippen molar-refractivity contribution in [1.82, 2.24) is 4.98 Å². The van der Waals surface area contributed by atoms with E-state index in [1.807, 2.05) is 18.6 Å². The number of halogens is 1. The second-order valence-corrected chi connectivity index (χ2v) is 7.30. The van der Waals surface area contributed by atoms with Gasteiger partial charge in [0, 0.05) is 6.07 Å². The summed E-state index contributed by atoms with van der Waals surface area (Å²) in [6, 6.07) is 2.01. The van der Waals surface area contributed by atoms with Crippen molar-refractivity contribution in [3.63, 3.8) is 0 Å². The lowest BCUT2D eigenvalue weighted by atomic mass is 10.0. The molecule has 0 radical (unpaired) electrons. The van der Waals surface area contributed by atoms with Crippen LogP contribution in [0.1, 0.15) is 110 Å². The molecule has 0 aliphatic carbocycles. The zero-order chi connectivity index (χ0) is 17.1. The summed E-state index contributed by atoms with van der Waals surface area (Å²) in [7, 11) is 0. The summed E-state index contributed by atoms with van der Waals surface area (Å²) in [6.07, 6.45) is 28.8. The molecule has 0 spiro atoms. The average Bonchev–Trinajstić information content (AvgIpc) is 2.62. The molecule has 0 aliphatic rings. The third-order valence-corrected chi connectivity index (χ3v) is 4.93. The van der Waals surface area contributed by atoms with E-state index in [1.165, 1.54) is 103 Å². The van der Waals surface area contributed by atoms with E-state index < -0.39 is 0 Å². The van der Waals surface area contributed by atoms with Crippen LogP contribution in [0.15, 0.2) is 24.8 Å². The van der Waals surface area contributed by atoms with Gasteiger partial charge in [-0.2, -0.15) is 0 Å². The van der Waals surface area contributed by atoms with E-state index in [1.54, 1.807) is 0 Å². The van der Waals surface area contributed by atoms with Crippen LogP contribution in [0.3, 0.4) is 0 Å². The molecule has 1 rings (SSSR count). The van der Waals surface area contributed by atoms with Gasteiger partial charge in [-0.05, 0) is 12.8 Å². The number of rotatable bonds is 17. The van der Waals surface area contributed by atoms with Crippen molar-refractivity contribution in [1.29, 1.82) is 0 Å². The first-order valence-corrected chi connectivity index (χ1v) is 10.7. The van der Waals surface area contributed by atoms with E-state index >= 15 is 0 Å². The molecule has 0 aliphatic heterocycles. The standard InChI is InChI=1S/C22H41N2.ClH/c1-2-3-4-5-6-7-8-9-10-11-12-13-14-15-16-17-20-24-21-18-19-23-22-24;/h18-19,21-22H,2-17,20H2,1H3;1H/q+1;/p-1. The van der Waals surface area contributed by atoms with Gasteiger partial charge >= 0.3 is 0 Å². The maximum absolute atomic E-state index is 4.14. The molecule has 0 bridgehead atoms. The van der Waals surface area contributed by atoms with E-state index in [0.717, 1.165) is 6.54 Å². The topological polar surface area (TPSA) is 16.8 Å². The van der Waals surface area contributed by atoms with Crippen molar-refractivity contribution < 1.29 is 17.0 Å². The Hall–Kier alpha value is -0.630. The van der Waals surface area contributed by atoms with Crippen LogP contribution in [0.5, 0.6) is 0 Å². The molecule has 1 heterocycles. The SMILES string of the molecule is CCCCCCCCCCCCCCCCCC[n+]1cccnc1.[Cl-]. The molecule has 0 amide bonds. The number of hydrogen-bond acceptors (Lipinski definition) is 1. The molecular formula is C22H41ClN2. The Morgan fingerprint density at radius 2 is 1.08 bits per heavy atom. The smallest absolute Gasteiger partial charge is 0.286 e. The lowest BCUT2D eigenvalue weighted by Crippen LogP contribution is -3.00. The molecule has 2 nitrogen and oxygen atoms in total. The Morgan fingerprint density at radius 3 is 1.48 bits per heavy atom. The maximum atomic E-state index is 4.14. The van der Waals surface area contributed by atoms with Gasteiger partial charge in [-0.3, -0.25) is 0 Å². The van der Waals surface area contributed by atoms with E-state index in [0.29, 0.717) is 0 Å². The number of aromatic nitrogens is 2. The normalized spacial score (nSPS) is 10.6. The fourth-order valence-corrected chi connectivity index (χ4v) is 3.34. The van der Waals surface area contributed by atoms with Gasteiger partial charge < -0.3 is 12.4 Å². The summed E-state index contributed by atoms with van der Waals surface area (Å²) in [4.78, 5) is 4.14. The van der Waals surface area contributed by atoms with Gasteiger partial charge in [0.1, 0.15) is 6.20 Å². The highest BCUT2D eigenvalue weighted by Gasteiger charge is 1.97. The van der Waals surface area contributed by atoms with E-state index in [4.69, 9.17) is 0 Å². The Labute approximate surface area is 163 Å². The Balaban J connectivity index is 0.00000576. The lowest BCUT2D eigenvalue weighted by Gasteiger charge is -2.03. The lowest BCUT2D eigenvalue weighted by molar-refractivity contribution is -0.700. The van der Waals surface area contributed by atoms with Crippen molar-refractivity contribution >= 4 is 0 Å². The fraction of sp³-hybridized carbons (Fsp3) is 0.818. The highest BCUT2D eigenvalue weighted by molar-refractivity contribution is 4.68. The molecule has 146 valence electrons. The van der Waals surface area contributed by atoms with Crippen molar-refractivity contribution in [3.8, 4) is 0 Å². The third kappa shape index (κ3) is 16.6. The molecule has 25 heavy (non-hydrogen) atoms. The predicted molar refractivity (Wildman–Crippen MR) is 104 cm³/mol. The number of aryl methyl sites for hydroxylation is 1. The van der Waals surface area contributed by atoms with Crippen LogP contribution in [-0.2, 0) is 6.54 Å². The monoisotopic (exact) mass is 368 g/mol. The number of unbranched alkanes of at least 4 members (excludes halogenated alkanes) is 15. The van der Waals surface area contributed by atoms with E-state index in [-0.39, 0.29) is 12.4 Å². The Bertz CT molecular complexity index is 356. The molecule has 0 atom stereocenters. The average molecular weight is 369 g/mol. The van der Waals surface area contributed by atoms with Crippen LogP contribution in [-0.4, -0.2) is 4.98 Å². The highest BCUT2D eigenvalue weighted by atomic mass is 35.5. The molecular weight excluding hydrogens is 328 g/mol. The zero-order valence-corrected chi connectivity index (χ0v) is 17.4. The fourth-order valence-electron chi connectivity index (χ4n) is 3.34. The molecule has 0 saturated heterocycles. The first-order valence-electron chi connectivity index (χ1n) is 10.7. The summed E-state index contributed by atoms with van der Waals surface area (Å²) >= 11 is 0. The summed E-state index contributed by atoms with van der Waals surface area (Å²) in [5, 5.41) is 0. The molecule has 1 aromatic rings. The van der Waals surface area contributed by atoms with Gasteiger partial charge in [0.15, 0.2) is 0 Å². The third-order valence-electron chi connectivity index (χ3n) is 4.93. The zero-order valence-electron chi connectivity index (χ0n) is 16.6. The summed E-state index contributed by atoms with van der Waals surface area (Å²) in [6.45, 7) is 3.41. The summed E-state index contributed by atoms with van der Waals surface area (Å²) in [5.74, 6) is 0. The molecule has 0 unspecified atom stereocenters. The van der Waals surface area contributed by atoms with Crippen LogP contribution in [0.4, 0.5) is 0 Å². The molecule has 3 heteroatoms. The van der Waals surface area contributed by atoms with Crippen molar-refractivity contribution in [3.05, 3.63) is 24.8 Å². The Kier molecular flexibility index (Phi) is 19.2. The second kappa shape index (κ2) is 19.7. The number of nitrogens with zero attached hydrogens (tertiary/aromatic N) is 2. The molecule has 0 saturated carbocycles. The first kappa shape index (κ1) is 24.4. The quantitative estimate of drug-likeness (QED) is 0.303. The van der Waals surface area contributed by atoms with Gasteiger partial charge in [-0.25, -0.2) is 4.57 Å². The second-order valence-electron chi connectivity index (χ2n) is 7.30. The predicted octanol–water partition coefficient (Wildman–Crippen LogP) is 3.63. The van der Waals surface area contributed by atoms with E-state index in [2.05, 4.69) is 22.7 Å². The van der Waals surface area contributed by atoms with Crippen molar-refractivity contribution in [2.75, 3.05) is 0 Å². The van der Waals surface area contributed by atoms with E-state index in [9.17, 15) is 0 Å². The van der Waals surface area contributed by atoms with Crippen molar-refractivity contribution in [2.24, 2.45) is 0 Å². The van der Waals surface area contributed by atoms with Crippen LogP contribution >= 0.6 is 0 Å². The van der Waals surface area contributed by atoms with Crippen LogP contribution in [0, 0.1) is 0 Å². The van der Waals surface area contributed by atoms with Gasteiger partial charge in [-0.15, -0.1) is 0 Å². The minimum Gasteiger partial charge on any atom is -1.00 e. The van der Waals surface area contributed by atoms with Gasteiger partial charge in [0.2, 0.25) is 0 Å². The maximum Gasteiger partial charge on any atom is 0.286 e. The summed E-state index contributed by atoms with van der Waals surface area (Å²) < 4.78 is 2.18. The Morgan fingerprint density at radius 1 is 0.640 bits per heavy atom. The summed E-state index contributed by atoms with van der Waals surface area (Å²) in [5.41, 5.74) is 0. The van der Waals surface area contributed by atoms with Gasteiger partial charge in [-0.1, -0.05) is 102 Å². The van der Waals surface area contributed by atoms with Crippen LogP contribution in [0.25, 0.3) is 0 Å². The first-order chi connectivity index (χ1) is 11.9. The van der Waals surface area contributed by atoms with Crippen LogP contribution in [0.2, 0.25) is 0 Å². The van der Waals surface area contributed by atoms with Gasteiger partial charge in [0.05, 0.1) is 12.7 Å². The molecule has 0 aromatic carbocycles. The highest BCUT2D eigenvalue weighted by Crippen LogP contribution is 2.13. The van der Waals surface area contributed by atoms with Crippen LogP contribution < -0.4 is 17.0 Å². The molecule has 0 fully saturated rings. The van der Waals surface area contributed by atoms with Crippen molar-refractivity contribution in [2.45, 2.75) is 116 Å². The molecule has 0 N–H and O–H groups in total. The molecule has 1 aromatic heterocycles. The largest absolute Gasteiger partial charge is 1.00 e.